The fourth-order valence-corrected chi connectivity index (χ4v) is 2.09. The number of benzene rings is 1. The zero-order valence-corrected chi connectivity index (χ0v) is 8.57. The molecule has 0 saturated heterocycles. The molecule has 0 aliphatic heterocycles. The van der Waals surface area contributed by atoms with Crippen LogP contribution >= 0.6 is 0 Å². The molecule has 1 rings (SSSR count). The number of carbonyl (C=O) groups excluding carboxylic acids is 1. The summed E-state index contributed by atoms with van der Waals surface area (Å²) in [6.07, 6.45) is -1.72. The van der Waals surface area contributed by atoms with Crippen LogP contribution in [0.4, 0.5) is 4.79 Å². The van der Waals surface area contributed by atoms with E-state index in [1.807, 2.05) is 0 Å². The second-order valence-electron chi connectivity index (χ2n) is 2.73. The minimum Gasteiger partial charge on any atom is -0.431 e. The third-order valence-corrected chi connectivity index (χ3v) is 3.37. The summed E-state index contributed by atoms with van der Waals surface area (Å²) in [6.45, 7) is -0.417. The molecule has 0 atom stereocenters. The van der Waals surface area contributed by atoms with Crippen LogP contribution in [0.25, 0.3) is 0 Å². The molecular weight excluding hydrogens is 220 g/mol. The summed E-state index contributed by atoms with van der Waals surface area (Å²) in [5.41, 5.74) is 0. The summed E-state index contributed by atoms with van der Waals surface area (Å²) in [5.74, 6) is -0.384. The lowest BCUT2D eigenvalue weighted by molar-refractivity contribution is 0.0728. The van der Waals surface area contributed by atoms with Crippen LogP contribution in [0, 0.1) is 0 Å². The molecule has 0 unspecified atom stereocenters. The molecule has 6 heteroatoms. The standard InChI is InChI=1S/C9H9O5S/c10-9(11)14-6-7-15(12,13)8-4-2-1-3-5-8/h1-5H,6-7H2. The fourth-order valence-electron chi connectivity index (χ4n) is 0.980. The number of ether oxygens (including phenoxy) is 1. The van der Waals surface area contributed by atoms with Gasteiger partial charge in [0.15, 0.2) is 9.84 Å². The highest BCUT2D eigenvalue weighted by atomic mass is 32.2. The molecule has 0 fully saturated rings. The Labute approximate surface area is 87.2 Å². The molecule has 5 nitrogen and oxygen atoms in total. The van der Waals surface area contributed by atoms with Gasteiger partial charge in [-0.25, -0.2) is 8.42 Å². The summed E-state index contributed by atoms with van der Waals surface area (Å²) in [5, 5.41) is 9.89. The molecule has 0 bridgehead atoms. The monoisotopic (exact) mass is 229 g/mol. The summed E-state index contributed by atoms with van der Waals surface area (Å²) < 4.78 is 27.1. The van der Waals surface area contributed by atoms with Crippen molar-refractivity contribution in [1.82, 2.24) is 0 Å². The Kier molecular flexibility index (Phi) is 3.68. The maximum absolute atomic E-state index is 11.5. The molecule has 0 aliphatic rings. The van der Waals surface area contributed by atoms with Crippen LogP contribution < -0.4 is 0 Å². The van der Waals surface area contributed by atoms with E-state index in [1.54, 1.807) is 18.2 Å². The van der Waals surface area contributed by atoms with Gasteiger partial charge in [-0.15, -0.1) is 0 Å². The highest BCUT2D eigenvalue weighted by Gasteiger charge is 2.14. The Morgan fingerprint density at radius 1 is 1.20 bits per heavy atom. The van der Waals surface area contributed by atoms with Crippen LogP contribution in [-0.2, 0) is 19.7 Å². The molecule has 0 heterocycles. The molecular formula is C9H9O5S. The lowest BCUT2D eigenvalue weighted by atomic mass is 10.4. The van der Waals surface area contributed by atoms with E-state index in [2.05, 4.69) is 4.74 Å². The van der Waals surface area contributed by atoms with Crippen LogP contribution in [0.1, 0.15) is 0 Å². The Balaban J connectivity index is 2.65. The van der Waals surface area contributed by atoms with E-state index in [4.69, 9.17) is 0 Å². The molecule has 1 aromatic rings. The largest absolute Gasteiger partial charge is 0.550 e. The third kappa shape index (κ3) is 3.59. The smallest absolute Gasteiger partial charge is 0.431 e. The van der Waals surface area contributed by atoms with E-state index < -0.39 is 22.6 Å². The molecule has 0 amide bonds. The van der Waals surface area contributed by atoms with Gasteiger partial charge in [-0.3, -0.25) is 0 Å². The van der Waals surface area contributed by atoms with Crippen molar-refractivity contribution in [2.24, 2.45) is 0 Å². The van der Waals surface area contributed by atoms with Gasteiger partial charge >= 0.3 is 6.16 Å². The Hall–Kier alpha value is -1.56. The number of hydrogen-bond acceptors (Lipinski definition) is 4. The van der Waals surface area contributed by atoms with Crippen molar-refractivity contribution in [1.29, 1.82) is 0 Å². The van der Waals surface area contributed by atoms with E-state index in [1.165, 1.54) is 12.1 Å². The minimum atomic E-state index is -3.47. The van der Waals surface area contributed by atoms with Gasteiger partial charge in [0, 0.05) is 0 Å². The number of rotatable bonds is 4. The molecule has 0 aromatic heterocycles. The molecule has 15 heavy (non-hydrogen) atoms. The Morgan fingerprint density at radius 3 is 2.33 bits per heavy atom. The van der Waals surface area contributed by atoms with Gasteiger partial charge in [0.1, 0.15) is 6.61 Å². The van der Waals surface area contributed by atoms with Gasteiger partial charge in [0.25, 0.3) is 0 Å². The van der Waals surface area contributed by atoms with Crippen molar-refractivity contribution in [2.75, 3.05) is 12.4 Å². The highest BCUT2D eigenvalue weighted by molar-refractivity contribution is 7.91. The van der Waals surface area contributed by atoms with E-state index >= 15 is 0 Å². The molecule has 0 aliphatic carbocycles. The van der Waals surface area contributed by atoms with Crippen LogP contribution in [0.2, 0.25) is 0 Å². The Morgan fingerprint density at radius 2 is 1.80 bits per heavy atom. The van der Waals surface area contributed by atoms with Crippen LogP contribution in [-0.4, -0.2) is 26.9 Å². The van der Waals surface area contributed by atoms with Crippen molar-refractivity contribution in [2.45, 2.75) is 4.90 Å². The number of carbonyl (C=O) groups is 1. The van der Waals surface area contributed by atoms with Crippen LogP contribution in [0.15, 0.2) is 35.2 Å². The maximum Gasteiger partial charge on any atom is 0.550 e. The molecule has 0 N–H and O–H groups in total. The van der Waals surface area contributed by atoms with E-state index in [-0.39, 0.29) is 10.6 Å². The first-order chi connectivity index (χ1) is 7.02. The topological polar surface area (TPSA) is 80.3 Å². The highest BCUT2D eigenvalue weighted by Crippen LogP contribution is 2.09. The summed E-state index contributed by atoms with van der Waals surface area (Å²) in [6, 6.07) is 7.75. The molecule has 0 spiro atoms. The lowest BCUT2D eigenvalue weighted by Crippen LogP contribution is -2.14. The first kappa shape index (κ1) is 11.5. The summed E-state index contributed by atoms with van der Waals surface area (Å²) >= 11 is 0. The van der Waals surface area contributed by atoms with Crippen molar-refractivity contribution >= 4 is 16.0 Å². The fraction of sp³-hybridized carbons (Fsp3) is 0.222. The second kappa shape index (κ2) is 4.79. The summed E-state index contributed by atoms with van der Waals surface area (Å²) in [7, 11) is -3.47. The SMILES string of the molecule is [O]C(=O)OCCS(=O)(=O)c1ccccc1. The quantitative estimate of drug-likeness (QED) is 0.722. The van der Waals surface area contributed by atoms with Crippen LogP contribution in [0.3, 0.4) is 0 Å². The zero-order valence-electron chi connectivity index (χ0n) is 7.75. The molecule has 1 radical (unpaired) electrons. The Bertz CT molecular complexity index is 423. The molecule has 0 saturated carbocycles. The van der Waals surface area contributed by atoms with E-state index in [9.17, 15) is 18.3 Å². The lowest BCUT2D eigenvalue weighted by Gasteiger charge is -2.02. The van der Waals surface area contributed by atoms with E-state index in [0.717, 1.165) is 0 Å². The zero-order chi connectivity index (χ0) is 11.3. The molecule has 1 aromatic carbocycles. The third-order valence-electron chi connectivity index (χ3n) is 1.67. The van der Waals surface area contributed by atoms with Gasteiger partial charge < -0.3 is 4.74 Å². The summed E-state index contributed by atoms with van der Waals surface area (Å²) in [4.78, 5) is 10.0. The second-order valence-corrected chi connectivity index (χ2v) is 4.84. The van der Waals surface area contributed by atoms with Crippen molar-refractivity contribution in [3.05, 3.63) is 30.3 Å². The predicted molar refractivity (Wildman–Crippen MR) is 50.5 cm³/mol. The van der Waals surface area contributed by atoms with Crippen molar-refractivity contribution in [3.63, 3.8) is 0 Å². The van der Waals surface area contributed by atoms with E-state index in [0.29, 0.717) is 0 Å². The van der Waals surface area contributed by atoms with Gasteiger partial charge in [0.2, 0.25) is 0 Å². The van der Waals surface area contributed by atoms with Gasteiger partial charge in [-0.2, -0.15) is 9.90 Å². The minimum absolute atomic E-state index is 0.145. The predicted octanol–water partition coefficient (Wildman–Crippen LogP) is 1.03. The van der Waals surface area contributed by atoms with Crippen LogP contribution in [0.5, 0.6) is 0 Å². The van der Waals surface area contributed by atoms with Gasteiger partial charge in [-0.05, 0) is 12.1 Å². The average molecular weight is 229 g/mol. The van der Waals surface area contributed by atoms with Gasteiger partial charge in [0.05, 0.1) is 10.6 Å². The van der Waals surface area contributed by atoms with Crippen molar-refractivity contribution < 1.29 is 23.1 Å². The first-order valence-electron chi connectivity index (χ1n) is 4.14. The number of sulfone groups is 1. The molecule has 81 valence electrons. The maximum atomic E-state index is 11.5. The number of hydrogen-bond donors (Lipinski definition) is 0. The van der Waals surface area contributed by atoms with Crippen molar-refractivity contribution in [3.8, 4) is 0 Å². The average Bonchev–Trinajstić information content (AvgIpc) is 2.18. The normalized spacial score (nSPS) is 10.9. The first-order valence-corrected chi connectivity index (χ1v) is 5.79. The van der Waals surface area contributed by atoms with Gasteiger partial charge in [-0.1, -0.05) is 18.2 Å².